The maximum absolute atomic E-state index is 5.20. The van der Waals surface area contributed by atoms with Crippen LogP contribution in [0.15, 0.2) is 0 Å². The standard InChI is InChI=1S/C13H20N4S2/c1-7(2)11-14-9(13(3,4)5)8(19-11)10-15-16-12(18)17(10)6/h7H,1-6H3,(H,16,18). The lowest BCUT2D eigenvalue weighted by molar-refractivity contribution is 0.570. The van der Waals surface area contributed by atoms with Gasteiger partial charge in [0.05, 0.1) is 15.6 Å². The van der Waals surface area contributed by atoms with Crippen LogP contribution in [0.5, 0.6) is 0 Å². The summed E-state index contributed by atoms with van der Waals surface area (Å²) in [5.41, 5.74) is 1.09. The molecule has 0 amide bonds. The summed E-state index contributed by atoms with van der Waals surface area (Å²) in [6.45, 7) is 10.9. The molecule has 0 aromatic carbocycles. The summed E-state index contributed by atoms with van der Waals surface area (Å²) >= 11 is 6.91. The number of hydrogen-bond acceptors (Lipinski definition) is 4. The van der Waals surface area contributed by atoms with Crippen LogP contribution < -0.4 is 0 Å². The Morgan fingerprint density at radius 2 is 1.95 bits per heavy atom. The number of nitrogens with one attached hydrogen (secondary N) is 1. The van der Waals surface area contributed by atoms with Crippen molar-refractivity contribution in [1.82, 2.24) is 19.7 Å². The lowest BCUT2D eigenvalue weighted by Crippen LogP contribution is -2.14. The molecule has 4 nitrogen and oxygen atoms in total. The fourth-order valence-corrected chi connectivity index (χ4v) is 3.23. The quantitative estimate of drug-likeness (QED) is 0.851. The second kappa shape index (κ2) is 4.83. The highest BCUT2D eigenvalue weighted by Gasteiger charge is 2.27. The van der Waals surface area contributed by atoms with Crippen LogP contribution in [-0.2, 0) is 12.5 Å². The van der Waals surface area contributed by atoms with Gasteiger partial charge in [-0.05, 0) is 12.2 Å². The number of nitrogens with zero attached hydrogens (tertiary/aromatic N) is 3. The third kappa shape index (κ3) is 2.65. The Morgan fingerprint density at radius 3 is 2.37 bits per heavy atom. The van der Waals surface area contributed by atoms with Crippen LogP contribution in [0.3, 0.4) is 0 Å². The van der Waals surface area contributed by atoms with E-state index >= 15 is 0 Å². The first-order chi connectivity index (χ1) is 8.71. The smallest absolute Gasteiger partial charge is 0.195 e. The fourth-order valence-electron chi connectivity index (χ4n) is 1.79. The van der Waals surface area contributed by atoms with E-state index in [0.29, 0.717) is 10.7 Å². The summed E-state index contributed by atoms with van der Waals surface area (Å²) < 4.78 is 2.54. The topological polar surface area (TPSA) is 46.5 Å². The van der Waals surface area contributed by atoms with E-state index in [1.807, 2.05) is 11.6 Å². The van der Waals surface area contributed by atoms with Gasteiger partial charge in [-0.1, -0.05) is 34.6 Å². The molecule has 0 bridgehead atoms. The molecule has 6 heteroatoms. The number of thiazole rings is 1. The van der Waals surface area contributed by atoms with Crippen molar-refractivity contribution in [3.63, 3.8) is 0 Å². The van der Waals surface area contributed by atoms with Crippen LogP contribution in [0.1, 0.15) is 51.2 Å². The van der Waals surface area contributed by atoms with Gasteiger partial charge in [-0.15, -0.1) is 11.3 Å². The molecule has 0 saturated carbocycles. The van der Waals surface area contributed by atoms with Crippen molar-refractivity contribution in [2.75, 3.05) is 0 Å². The fraction of sp³-hybridized carbons (Fsp3) is 0.615. The predicted octanol–water partition coefficient (Wildman–Crippen LogP) is 4.02. The molecule has 0 fully saturated rings. The second-order valence-electron chi connectivity index (χ2n) is 6.05. The summed E-state index contributed by atoms with van der Waals surface area (Å²) in [5, 5.41) is 8.34. The Labute approximate surface area is 122 Å². The van der Waals surface area contributed by atoms with Gasteiger partial charge in [0.1, 0.15) is 0 Å². The van der Waals surface area contributed by atoms with E-state index in [0.717, 1.165) is 21.4 Å². The lowest BCUT2D eigenvalue weighted by Gasteiger charge is -2.17. The molecule has 1 N–H and O–H groups in total. The molecule has 2 aromatic rings. The summed E-state index contributed by atoms with van der Waals surface area (Å²) in [5.74, 6) is 1.30. The van der Waals surface area contributed by atoms with Crippen LogP contribution in [0.2, 0.25) is 0 Å². The molecule has 0 atom stereocenters. The van der Waals surface area contributed by atoms with Crippen molar-refractivity contribution < 1.29 is 0 Å². The molecule has 0 unspecified atom stereocenters. The molecule has 0 aliphatic rings. The predicted molar refractivity (Wildman–Crippen MR) is 82.3 cm³/mol. The van der Waals surface area contributed by atoms with Gasteiger partial charge in [0, 0.05) is 18.4 Å². The lowest BCUT2D eigenvalue weighted by atomic mass is 9.91. The molecule has 0 aliphatic heterocycles. The highest BCUT2D eigenvalue weighted by atomic mass is 32.1. The van der Waals surface area contributed by atoms with Crippen LogP contribution >= 0.6 is 23.6 Å². The molecule has 0 saturated heterocycles. The Hall–Kier alpha value is -1.01. The normalized spacial score (nSPS) is 12.4. The Bertz CT molecular complexity index is 640. The van der Waals surface area contributed by atoms with Gasteiger partial charge in [0.25, 0.3) is 0 Å². The summed E-state index contributed by atoms with van der Waals surface area (Å²) in [6, 6.07) is 0. The zero-order chi connectivity index (χ0) is 14.4. The molecular formula is C13H20N4S2. The van der Waals surface area contributed by atoms with Crippen LogP contribution in [0.25, 0.3) is 10.7 Å². The third-order valence-corrected chi connectivity index (χ3v) is 4.65. The van der Waals surface area contributed by atoms with E-state index in [1.165, 1.54) is 0 Å². The molecule has 104 valence electrons. The number of hydrogen-bond donors (Lipinski definition) is 1. The van der Waals surface area contributed by atoms with Crippen LogP contribution in [0.4, 0.5) is 0 Å². The molecule has 19 heavy (non-hydrogen) atoms. The van der Waals surface area contributed by atoms with Crippen molar-refractivity contribution in [3.8, 4) is 10.7 Å². The van der Waals surface area contributed by atoms with Crippen molar-refractivity contribution in [3.05, 3.63) is 15.5 Å². The molecule has 2 rings (SSSR count). The molecule has 2 aromatic heterocycles. The first-order valence-electron chi connectivity index (χ1n) is 6.34. The first-order valence-corrected chi connectivity index (χ1v) is 7.57. The van der Waals surface area contributed by atoms with Gasteiger partial charge in [0.15, 0.2) is 10.6 Å². The molecule has 0 aliphatic carbocycles. The number of aromatic amines is 1. The maximum atomic E-state index is 5.20. The number of aromatic nitrogens is 4. The summed E-state index contributed by atoms with van der Waals surface area (Å²) in [6.07, 6.45) is 0. The van der Waals surface area contributed by atoms with Crippen molar-refractivity contribution in [1.29, 1.82) is 0 Å². The van der Waals surface area contributed by atoms with E-state index in [9.17, 15) is 0 Å². The molecule has 0 radical (unpaired) electrons. The first kappa shape index (κ1) is 14.4. The average Bonchev–Trinajstić information content (AvgIpc) is 2.84. The highest BCUT2D eigenvalue weighted by Crippen LogP contribution is 2.38. The van der Waals surface area contributed by atoms with Gasteiger partial charge < -0.3 is 4.57 Å². The monoisotopic (exact) mass is 296 g/mol. The molecule has 2 heterocycles. The largest absolute Gasteiger partial charge is 0.303 e. The maximum Gasteiger partial charge on any atom is 0.195 e. The van der Waals surface area contributed by atoms with Crippen LogP contribution in [-0.4, -0.2) is 19.7 Å². The number of H-pyrrole nitrogens is 1. The second-order valence-corrected chi connectivity index (χ2v) is 7.46. The average molecular weight is 296 g/mol. The van der Waals surface area contributed by atoms with Gasteiger partial charge in [-0.2, -0.15) is 5.10 Å². The summed E-state index contributed by atoms with van der Waals surface area (Å²) in [7, 11) is 1.93. The van der Waals surface area contributed by atoms with E-state index in [4.69, 9.17) is 17.2 Å². The minimum absolute atomic E-state index is 0.00740. The summed E-state index contributed by atoms with van der Waals surface area (Å²) in [4.78, 5) is 5.94. The molecular weight excluding hydrogens is 276 g/mol. The third-order valence-electron chi connectivity index (χ3n) is 2.93. The van der Waals surface area contributed by atoms with Gasteiger partial charge in [0.2, 0.25) is 0 Å². The Balaban J connectivity index is 2.68. The minimum Gasteiger partial charge on any atom is -0.303 e. The Kier molecular flexibility index (Phi) is 3.66. The van der Waals surface area contributed by atoms with E-state index in [-0.39, 0.29) is 5.41 Å². The molecule has 0 spiro atoms. The highest BCUT2D eigenvalue weighted by molar-refractivity contribution is 7.71. The van der Waals surface area contributed by atoms with Crippen molar-refractivity contribution >= 4 is 23.6 Å². The van der Waals surface area contributed by atoms with Crippen molar-refractivity contribution in [2.24, 2.45) is 7.05 Å². The van der Waals surface area contributed by atoms with Crippen molar-refractivity contribution in [2.45, 2.75) is 46.0 Å². The SMILES string of the molecule is CC(C)c1nc(C(C)(C)C)c(-c2n[nH]c(=S)n2C)s1. The zero-order valence-electron chi connectivity index (χ0n) is 12.2. The van der Waals surface area contributed by atoms with E-state index in [1.54, 1.807) is 11.3 Å². The Morgan fingerprint density at radius 1 is 1.32 bits per heavy atom. The van der Waals surface area contributed by atoms with E-state index < -0.39 is 0 Å². The zero-order valence-corrected chi connectivity index (χ0v) is 13.9. The van der Waals surface area contributed by atoms with Gasteiger partial charge >= 0.3 is 0 Å². The number of rotatable bonds is 2. The minimum atomic E-state index is -0.00740. The van der Waals surface area contributed by atoms with Crippen LogP contribution in [0, 0.1) is 4.77 Å². The van der Waals surface area contributed by atoms with Gasteiger partial charge in [-0.25, -0.2) is 4.98 Å². The van der Waals surface area contributed by atoms with Gasteiger partial charge in [-0.3, -0.25) is 5.10 Å². The van der Waals surface area contributed by atoms with E-state index in [2.05, 4.69) is 44.8 Å².